The van der Waals surface area contributed by atoms with Crippen LogP contribution in [0.2, 0.25) is 0 Å². The van der Waals surface area contributed by atoms with Crippen molar-refractivity contribution in [3.05, 3.63) is 65.7 Å². The third-order valence-corrected chi connectivity index (χ3v) is 4.30. The SMILES string of the molecule is OC[C@H]1OC(Oc2ccccc2Cc2ccccc2)[C@H](O)[C@@H](O)[C@@H]1O. The summed E-state index contributed by atoms with van der Waals surface area (Å²) in [5, 5.41) is 39.1. The van der Waals surface area contributed by atoms with Crippen molar-refractivity contribution in [2.75, 3.05) is 6.61 Å². The molecule has 4 N–H and O–H groups in total. The molecule has 25 heavy (non-hydrogen) atoms. The van der Waals surface area contributed by atoms with Gasteiger partial charge in [-0.2, -0.15) is 0 Å². The van der Waals surface area contributed by atoms with Gasteiger partial charge in [-0.15, -0.1) is 0 Å². The highest BCUT2D eigenvalue weighted by atomic mass is 16.7. The Morgan fingerprint density at radius 1 is 0.840 bits per heavy atom. The molecule has 1 fully saturated rings. The largest absolute Gasteiger partial charge is 0.462 e. The molecule has 0 aliphatic carbocycles. The summed E-state index contributed by atoms with van der Waals surface area (Å²) in [6.07, 6.45) is -5.84. The van der Waals surface area contributed by atoms with Crippen molar-refractivity contribution in [2.45, 2.75) is 37.1 Å². The maximum Gasteiger partial charge on any atom is 0.229 e. The summed E-state index contributed by atoms with van der Waals surface area (Å²) >= 11 is 0. The smallest absolute Gasteiger partial charge is 0.229 e. The molecule has 1 aliphatic heterocycles. The lowest BCUT2D eigenvalue weighted by molar-refractivity contribution is -0.277. The van der Waals surface area contributed by atoms with E-state index < -0.39 is 37.3 Å². The van der Waals surface area contributed by atoms with E-state index in [1.54, 1.807) is 12.1 Å². The van der Waals surface area contributed by atoms with Gasteiger partial charge in [-0.25, -0.2) is 0 Å². The molecular weight excluding hydrogens is 324 g/mol. The highest BCUT2D eigenvalue weighted by molar-refractivity contribution is 5.37. The normalized spacial score (nSPS) is 29.4. The molecule has 134 valence electrons. The first-order valence-corrected chi connectivity index (χ1v) is 8.19. The van der Waals surface area contributed by atoms with E-state index in [9.17, 15) is 20.4 Å². The molecule has 0 spiro atoms. The van der Waals surface area contributed by atoms with Crippen LogP contribution in [-0.2, 0) is 11.2 Å². The number of para-hydroxylation sites is 1. The van der Waals surface area contributed by atoms with Crippen molar-refractivity contribution < 1.29 is 29.9 Å². The maximum absolute atomic E-state index is 10.1. The molecule has 3 rings (SSSR count). The molecule has 1 unspecified atom stereocenters. The summed E-state index contributed by atoms with van der Waals surface area (Å²) < 4.78 is 11.2. The minimum absolute atomic E-state index is 0.490. The average Bonchev–Trinajstić information content (AvgIpc) is 2.64. The minimum atomic E-state index is -1.46. The molecule has 0 bridgehead atoms. The number of rotatable bonds is 5. The molecule has 1 aliphatic rings. The second-order valence-electron chi connectivity index (χ2n) is 6.09. The lowest BCUT2D eigenvalue weighted by Gasteiger charge is -2.39. The lowest BCUT2D eigenvalue weighted by atomic mass is 9.99. The Morgan fingerprint density at radius 3 is 2.24 bits per heavy atom. The first-order chi connectivity index (χ1) is 12.1. The number of hydrogen-bond acceptors (Lipinski definition) is 6. The predicted octanol–water partition coefficient (Wildman–Crippen LogP) is 0.456. The molecule has 2 aromatic rings. The van der Waals surface area contributed by atoms with E-state index in [1.807, 2.05) is 42.5 Å². The molecule has 5 atom stereocenters. The van der Waals surface area contributed by atoms with Gasteiger partial charge in [0.1, 0.15) is 30.2 Å². The minimum Gasteiger partial charge on any atom is -0.462 e. The molecule has 1 heterocycles. The Kier molecular flexibility index (Phi) is 5.67. The third kappa shape index (κ3) is 4.00. The van der Waals surface area contributed by atoms with Gasteiger partial charge < -0.3 is 29.9 Å². The molecule has 6 nitrogen and oxygen atoms in total. The van der Waals surface area contributed by atoms with E-state index in [-0.39, 0.29) is 0 Å². The van der Waals surface area contributed by atoms with Crippen LogP contribution >= 0.6 is 0 Å². The van der Waals surface area contributed by atoms with Gasteiger partial charge in [-0.05, 0) is 17.2 Å². The van der Waals surface area contributed by atoms with Gasteiger partial charge >= 0.3 is 0 Å². The van der Waals surface area contributed by atoms with Crippen LogP contribution in [0.5, 0.6) is 5.75 Å². The van der Waals surface area contributed by atoms with Crippen LogP contribution in [0.1, 0.15) is 11.1 Å². The number of benzene rings is 2. The summed E-state index contributed by atoms with van der Waals surface area (Å²) in [4.78, 5) is 0. The standard InChI is InChI=1S/C19H22O6/c20-11-15-16(21)17(22)18(23)19(25-15)24-14-9-5-4-8-13(14)10-12-6-2-1-3-7-12/h1-9,15-23H,10-11H2/t15-,16-,17+,18-,19?/m1/s1. The molecule has 0 aromatic heterocycles. The average molecular weight is 346 g/mol. The van der Waals surface area contributed by atoms with Crippen LogP contribution in [0.15, 0.2) is 54.6 Å². The molecule has 0 radical (unpaired) electrons. The van der Waals surface area contributed by atoms with Crippen LogP contribution in [0.3, 0.4) is 0 Å². The van der Waals surface area contributed by atoms with E-state index in [4.69, 9.17) is 9.47 Å². The van der Waals surface area contributed by atoms with Gasteiger partial charge in [0.15, 0.2) is 0 Å². The van der Waals surface area contributed by atoms with Crippen molar-refractivity contribution in [3.8, 4) is 5.75 Å². The highest BCUT2D eigenvalue weighted by Crippen LogP contribution is 2.27. The Bertz CT molecular complexity index is 675. The molecule has 0 saturated carbocycles. The van der Waals surface area contributed by atoms with Crippen molar-refractivity contribution in [2.24, 2.45) is 0 Å². The fourth-order valence-corrected chi connectivity index (χ4v) is 2.87. The zero-order chi connectivity index (χ0) is 17.8. The molecule has 0 amide bonds. The Labute approximate surface area is 145 Å². The zero-order valence-electron chi connectivity index (χ0n) is 13.6. The fourth-order valence-electron chi connectivity index (χ4n) is 2.87. The number of ether oxygens (including phenoxy) is 2. The van der Waals surface area contributed by atoms with Crippen LogP contribution in [0.4, 0.5) is 0 Å². The summed E-state index contributed by atoms with van der Waals surface area (Å²) in [7, 11) is 0. The summed E-state index contributed by atoms with van der Waals surface area (Å²) in [6.45, 7) is -0.490. The van der Waals surface area contributed by atoms with Crippen molar-refractivity contribution in [1.82, 2.24) is 0 Å². The van der Waals surface area contributed by atoms with Gasteiger partial charge in [0.25, 0.3) is 0 Å². The van der Waals surface area contributed by atoms with Gasteiger partial charge in [-0.3, -0.25) is 0 Å². The number of aliphatic hydroxyl groups excluding tert-OH is 4. The molecule has 6 heteroatoms. The van der Waals surface area contributed by atoms with E-state index >= 15 is 0 Å². The second-order valence-corrected chi connectivity index (χ2v) is 6.09. The van der Waals surface area contributed by atoms with Crippen molar-refractivity contribution in [1.29, 1.82) is 0 Å². The maximum atomic E-state index is 10.1. The van der Waals surface area contributed by atoms with Crippen LogP contribution < -0.4 is 4.74 Å². The number of hydrogen-bond donors (Lipinski definition) is 4. The van der Waals surface area contributed by atoms with E-state index in [0.29, 0.717) is 12.2 Å². The summed E-state index contributed by atoms with van der Waals surface area (Å²) in [5.74, 6) is 0.510. The lowest BCUT2D eigenvalue weighted by Crippen LogP contribution is -2.60. The van der Waals surface area contributed by atoms with Gasteiger partial charge in [0.05, 0.1) is 6.61 Å². The van der Waals surface area contributed by atoms with E-state index in [2.05, 4.69) is 0 Å². The van der Waals surface area contributed by atoms with Crippen molar-refractivity contribution in [3.63, 3.8) is 0 Å². The first kappa shape index (κ1) is 17.8. The van der Waals surface area contributed by atoms with Crippen LogP contribution in [0, 0.1) is 0 Å². The molecule has 1 saturated heterocycles. The fraction of sp³-hybridized carbons (Fsp3) is 0.368. The molecule has 2 aromatic carbocycles. The monoisotopic (exact) mass is 346 g/mol. The van der Waals surface area contributed by atoms with E-state index in [1.165, 1.54) is 0 Å². The Hall–Kier alpha value is -1.96. The van der Waals surface area contributed by atoms with Crippen LogP contribution in [0.25, 0.3) is 0 Å². The third-order valence-electron chi connectivity index (χ3n) is 4.30. The Balaban J connectivity index is 1.78. The van der Waals surface area contributed by atoms with E-state index in [0.717, 1.165) is 11.1 Å². The van der Waals surface area contributed by atoms with Gasteiger partial charge in [0, 0.05) is 6.42 Å². The predicted molar refractivity (Wildman–Crippen MR) is 90.1 cm³/mol. The first-order valence-electron chi connectivity index (χ1n) is 8.19. The summed E-state index contributed by atoms with van der Waals surface area (Å²) in [5.41, 5.74) is 2.00. The number of aliphatic hydroxyl groups is 4. The van der Waals surface area contributed by atoms with Gasteiger partial charge in [-0.1, -0.05) is 48.5 Å². The quantitative estimate of drug-likeness (QED) is 0.628. The van der Waals surface area contributed by atoms with Crippen LogP contribution in [-0.4, -0.2) is 57.7 Å². The van der Waals surface area contributed by atoms with Crippen molar-refractivity contribution >= 4 is 0 Å². The Morgan fingerprint density at radius 2 is 1.52 bits per heavy atom. The second kappa shape index (κ2) is 7.95. The summed E-state index contributed by atoms with van der Waals surface area (Å²) in [6, 6.07) is 17.2. The highest BCUT2D eigenvalue weighted by Gasteiger charge is 2.44. The topological polar surface area (TPSA) is 99.4 Å². The van der Waals surface area contributed by atoms with Gasteiger partial charge in [0.2, 0.25) is 6.29 Å². The molecular formula is C19H22O6. The zero-order valence-corrected chi connectivity index (χ0v) is 13.6.